The average molecular weight is 443 g/mol. The number of rotatable bonds is 7. The van der Waals surface area contributed by atoms with Crippen LogP contribution in [0.2, 0.25) is 5.02 Å². The van der Waals surface area contributed by atoms with Crippen molar-refractivity contribution in [2.24, 2.45) is 0 Å². The summed E-state index contributed by atoms with van der Waals surface area (Å²) >= 11 is 6.66. The van der Waals surface area contributed by atoms with Crippen LogP contribution in [0, 0.1) is 0 Å². The molecule has 1 aliphatic carbocycles. The fraction of sp³-hybridized carbons (Fsp3) is 0.538. The molecule has 1 saturated carbocycles. The van der Waals surface area contributed by atoms with E-state index in [1.54, 1.807) is 0 Å². The molecule has 0 radical (unpaired) electrons. The highest BCUT2D eigenvalue weighted by Crippen LogP contribution is 2.42. The fourth-order valence-electron chi connectivity index (χ4n) is 4.97. The van der Waals surface area contributed by atoms with Crippen LogP contribution in [-0.4, -0.2) is 60.3 Å². The molecule has 31 heavy (non-hydrogen) atoms. The van der Waals surface area contributed by atoms with Gasteiger partial charge >= 0.3 is 0 Å². The number of hydrogen-bond donors (Lipinski definition) is 1. The molecule has 1 N–H and O–H groups in total. The second-order valence-corrected chi connectivity index (χ2v) is 9.69. The topological polar surface area (TPSA) is 35.9 Å². The van der Waals surface area contributed by atoms with Crippen molar-refractivity contribution in [3.8, 4) is 5.75 Å². The minimum Gasteiger partial charge on any atom is -0.487 e. The SMILES string of the molecule is CN1CCN(C[C@H](c2ccc(OCc3ccccc3)c(Cl)c2)C2(O)CCCCC2)CC1. The first-order chi connectivity index (χ1) is 15.0. The van der Waals surface area contributed by atoms with Crippen LogP contribution < -0.4 is 4.74 Å². The van der Waals surface area contributed by atoms with Gasteiger partial charge in [0.15, 0.2) is 0 Å². The Bertz CT molecular complexity index is 831. The fourth-order valence-corrected chi connectivity index (χ4v) is 5.22. The van der Waals surface area contributed by atoms with Gasteiger partial charge in [-0.15, -0.1) is 0 Å². The predicted octanol–water partition coefficient (Wildman–Crippen LogP) is 4.95. The smallest absolute Gasteiger partial charge is 0.138 e. The molecule has 0 spiro atoms. The van der Waals surface area contributed by atoms with Gasteiger partial charge in [0.2, 0.25) is 0 Å². The first-order valence-corrected chi connectivity index (χ1v) is 12.0. The number of benzene rings is 2. The molecule has 168 valence electrons. The van der Waals surface area contributed by atoms with Crippen molar-refractivity contribution in [1.82, 2.24) is 9.80 Å². The lowest BCUT2D eigenvalue weighted by Crippen LogP contribution is -2.50. The summed E-state index contributed by atoms with van der Waals surface area (Å²) in [6, 6.07) is 16.2. The molecule has 2 aromatic carbocycles. The van der Waals surface area contributed by atoms with E-state index in [0.717, 1.165) is 69.5 Å². The molecule has 1 atom stereocenters. The van der Waals surface area contributed by atoms with Gasteiger partial charge in [0.1, 0.15) is 12.4 Å². The van der Waals surface area contributed by atoms with Crippen molar-refractivity contribution in [2.75, 3.05) is 39.8 Å². The number of ether oxygens (including phenoxy) is 1. The molecule has 1 heterocycles. The monoisotopic (exact) mass is 442 g/mol. The van der Waals surface area contributed by atoms with E-state index in [-0.39, 0.29) is 5.92 Å². The van der Waals surface area contributed by atoms with E-state index in [9.17, 15) is 5.11 Å². The van der Waals surface area contributed by atoms with Crippen LogP contribution in [-0.2, 0) is 6.61 Å². The Labute approximate surface area is 191 Å². The molecular formula is C26H35ClN2O2. The highest BCUT2D eigenvalue weighted by Gasteiger charge is 2.40. The van der Waals surface area contributed by atoms with Crippen LogP contribution in [0.1, 0.15) is 49.1 Å². The third kappa shape index (κ3) is 5.81. The molecule has 2 aromatic rings. The first kappa shape index (κ1) is 22.6. The molecule has 5 heteroatoms. The number of nitrogens with zero attached hydrogens (tertiary/aromatic N) is 2. The molecule has 2 fully saturated rings. The molecule has 0 unspecified atom stereocenters. The molecule has 2 aliphatic rings. The summed E-state index contributed by atoms with van der Waals surface area (Å²) in [5.41, 5.74) is 1.59. The maximum absolute atomic E-state index is 11.7. The van der Waals surface area contributed by atoms with Crippen LogP contribution in [0.5, 0.6) is 5.75 Å². The van der Waals surface area contributed by atoms with E-state index in [1.807, 2.05) is 42.5 Å². The van der Waals surface area contributed by atoms with Crippen LogP contribution in [0.25, 0.3) is 0 Å². The van der Waals surface area contributed by atoms with Gasteiger partial charge < -0.3 is 19.6 Å². The standard InChI is InChI=1S/C26H35ClN2O2/c1-28-14-16-29(17-15-28)19-23(26(30)12-6-3-7-13-26)22-10-11-25(24(27)18-22)31-20-21-8-4-2-5-9-21/h2,4-5,8-11,18,23,30H,3,6-7,12-17,19-20H2,1H3/t23-/m1/s1. The summed E-state index contributed by atoms with van der Waals surface area (Å²) in [6.45, 7) is 5.64. The molecule has 1 aliphatic heterocycles. The Morgan fingerprint density at radius 2 is 1.71 bits per heavy atom. The zero-order chi connectivity index (χ0) is 21.7. The predicted molar refractivity (Wildman–Crippen MR) is 127 cm³/mol. The maximum atomic E-state index is 11.7. The maximum Gasteiger partial charge on any atom is 0.138 e. The van der Waals surface area contributed by atoms with Gasteiger partial charge in [-0.25, -0.2) is 0 Å². The third-order valence-corrected chi connectivity index (χ3v) is 7.30. The summed E-state index contributed by atoms with van der Waals surface area (Å²) in [5, 5.41) is 12.3. The number of piperazine rings is 1. The Morgan fingerprint density at radius 1 is 1.00 bits per heavy atom. The zero-order valence-electron chi connectivity index (χ0n) is 18.6. The van der Waals surface area contributed by atoms with E-state index in [2.05, 4.69) is 22.9 Å². The first-order valence-electron chi connectivity index (χ1n) is 11.6. The Kier molecular flexibility index (Phi) is 7.55. The van der Waals surface area contributed by atoms with Crippen LogP contribution >= 0.6 is 11.6 Å². The minimum absolute atomic E-state index is 0.0666. The highest BCUT2D eigenvalue weighted by molar-refractivity contribution is 6.32. The summed E-state index contributed by atoms with van der Waals surface area (Å²) in [7, 11) is 2.18. The van der Waals surface area contributed by atoms with E-state index < -0.39 is 5.60 Å². The molecule has 1 saturated heterocycles. The summed E-state index contributed by atoms with van der Waals surface area (Å²) < 4.78 is 5.98. The Morgan fingerprint density at radius 3 is 2.39 bits per heavy atom. The molecule has 4 nitrogen and oxygen atoms in total. The van der Waals surface area contributed by atoms with Crippen molar-refractivity contribution in [3.63, 3.8) is 0 Å². The van der Waals surface area contributed by atoms with Gasteiger partial charge in [-0.1, -0.05) is 67.3 Å². The van der Waals surface area contributed by atoms with Crippen molar-refractivity contribution >= 4 is 11.6 Å². The lowest BCUT2D eigenvalue weighted by Gasteiger charge is -2.43. The third-order valence-electron chi connectivity index (χ3n) is 7.00. The minimum atomic E-state index is -0.655. The zero-order valence-corrected chi connectivity index (χ0v) is 19.4. The molecule has 0 aromatic heterocycles. The van der Waals surface area contributed by atoms with E-state index in [4.69, 9.17) is 16.3 Å². The largest absolute Gasteiger partial charge is 0.487 e. The lowest BCUT2D eigenvalue weighted by molar-refractivity contribution is -0.0337. The Balaban J connectivity index is 1.51. The van der Waals surface area contributed by atoms with Crippen molar-refractivity contribution < 1.29 is 9.84 Å². The summed E-state index contributed by atoms with van der Waals surface area (Å²) in [4.78, 5) is 4.88. The number of halogens is 1. The van der Waals surface area contributed by atoms with E-state index in [1.165, 1.54) is 6.42 Å². The van der Waals surface area contributed by atoms with Crippen LogP contribution in [0.4, 0.5) is 0 Å². The molecular weight excluding hydrogens is 408 g/mol. The Hall–Kier alpha value is -1.59. The number of aliphatic hydroxyl groups is 1. The van der Waals surface area contributed by atoms with E-state index in [0.29, 0.717) is 17.4 Å². The summed E-state index contributed by atoms with van der Waals surface area (Å²) in [5.74, 6) is 0.764. The quantitative estimate of drug-likeness (QED) is 0.658. The van der Waals surface area contributed by atoms with Gasteiger partial charge in [0.05, 0.1) is 10.6 Å². The van der Waals surface area contributed by atoms with Crippen LogP contribution in [0.15, 0.2) is 48.5 Å². The summed E-state index contributed by atoms with van der Waals surface area (Å²) in [6.07, 6.45) is 5.16. The van der Waals surface area contributed by atoms with Crippen molar-refractivity contribution in [3.05, 3.63) is 64.7 Å². The number of likely N-dealkylation sites (N-methyl/N-ethyl adjacent to an activating group) is 1. The normalized spacial score (nSPS) is 21.0. The lowest BCUT2D eigenvalue weighted by atomic mass is 9.72. The van der Waals surface area contributed by atoms with Gasteiger partial charge in [0, 0.05) is 38.6 Å². The molecule has 0 bridgehead atoms. The van der Waals surface area contributed by atoms with Gasteiger partial charge in [0.25, 0.3) is 0 Å². The van der Waals surface area contributed by atoms with Crippen LogP contribution in [0.3, 0.4) is 0 Å². The van der Waals surface area contributed by atoms with Crippen molar-refractivity contribution in [1.29, 1.82) is 0 Å². The van der Waals surface area contributed by atoms with Crippen molar-refractivity contribution in [2.45, 2.75) is 50.2 Å². The highest BCUT2D eigenvalue weighted by atomic mass is 35.5. The molecule has 0 amide bonds. The molecule has 4 rings (SSSR count). The second kappa shape index (κ2) is 10.4. The average Bonchev–Trinajstić information content (AvgIpc) is 2.79. The van der Waals surface area contributed by atoms with E-state index >= 15 is 0 Å². The van der Waals surface area contributed by atoms with Gasteiger partial charge in [-0.2, -0.15) is 0 Å². The second-order valence-electron chi connectivity index (χ2n) is 9.28. The van der Waals surface area contributed by atoms with Gasteiger partial charge in [-0.05, 0) is 43.1 Å². The van der Waals surface area contributed by atoms with Gasteiger partial charge in [-0.3, -0.25) is 0 Å². The number of hydrogen-bond acceptors (Lipinski definition) is 4.